The maximum absolute atomic E-state index is 13.6. The molecule has 3 fully saturated rings. The van der Waals surface area contributed by atoms with Gasteiger partial charge in [-0.25, -0.2) is 4.79 Å². The van der Waals surface area contributed by atoms with E-state index in [0.29, 0.717) is 48.4 Å². The summed E-state index contributed by atoms with van der Waals surface area (Å²) in [4.78, 5) is 94.8. The van der Waals surface area contributed by atoms with Crippen LogP contribution in [0.1, 0.15) is 101 Å². The Morgan fingerprint density at radius 2 is 1.18 bits per heavy atom. The van der Waals surface area contributed by atoms with Crippen LogP contribution in [0.5, 0.6) is 0 Å². The quantitative estimate of drug-likeness (QED) is 0.169. The van der Waals surface area contributed by atoms with Crippen molar-refractivity contribution in [2.24, 2.45) is 0 Å². The fourth-order valence-corrected chi connectivity index (χ4v) is 10.3. The van der Waals surface area contributed by atoms with Crippen LogP contribution in [0.3, 0.4) is 0 Å². The molecule has 13 heteroatoms. The molecule has 5 aliphatic rings. The largest absolute Gasteiger partial charge is 0.443 e. The van der Waals surface area contributed by atoms with Crippen molar-refractivity contribution in [2.75, 3.05) is 22.9 Å². The van der Waals surface area contributed by atoms with Gasteiger partial charge in [0, 0.05) is 54.3 Å². The monoisotopic (exact) mass is 831 g/mol. The summed E-state index contributed by atoms with van der Waals surface area (Å²) in [5.74, 6) is -1.85. The fourth-order valence-electron chi connectivity index (χ4n) is 10.3. The molecule has 7 amide bonds. The SMILES string of the molecule is CC(C)(Cc1ccc(Cc2ccc3c4c(cccc24)C(=O)N3C2CCC(=O)NC2=O)cc1)OC(=O)N1CCC(c2ccc3c4c(cccc24)C(=O)N3C2CCC(=O)NC2=O)CC1. The van der Waals surface area contributed by atoms with Gasteiger partial charge >= 0.3 is 6.09 Å². The molecule has 0 saturated carbocycles. The number of anilines is 2. The number of amides is 7. The van der Waals surface area contributed by atoms with Crippen LogP contribution < -0.4 is 20.4 Å². The molecule has 2 atom stereocenters. The molecular formula is C49H45N5O8. The summed E-state index contributed by atoms with van der Waals surface area (Å²) in [7, 11) is 0. The van der Waals surface area contributed by atoms with E-state index < -0.39 is 29.5 Å². The van der Waals surface area contributed by atoms with Crippen molar-refractivity contribution in [3.8, 4) is 0 Å². The first-order chi connectivity index (χ1) is 29.8. The number of imide groups is 2. The van der Waals surface area contributed by atoms with E-state index in [2.05, 4.69) is 34.9 Å². The summed E-state index contributed by atoms with van der Waals surface area (Å²) in [6.07, 6.45) is 3.19. The molecule has 2 N–H and O–H groups in total. The van der Waals surface area contributed by atoms with Gasteiger partial charge in [0.1, 0.15) is 17.7 Å². The number of hydrogen-bond acceptors (Lipinski definition) is 8. The molecule has 0 bridgehead atoms. The lowest BCUT2D eigenvalue weighted by molar-refractivity contribution is -0.135. The second kappa shape index (κ2) is 14.9. The predicted octanol–water partition coefficient (Wildman–Crippen LogP) is 6.45. The predicted molar refractivity (Wildman–Crippen MR) is 231 cm³/mol. The van der Waals surface area contributed by atoms with Crippen molar-refractivity contribution in [1.29, 1.82) is 0 Å². The lowest BCUT2D eigenvalue weighted by atomic mass is 9.85. The van der Waals surface area contributed by atoms with Crippen LogP contribution in [0.25, 0.3) is 21.5 Å². The summed E-state index contributed by atoms with van der Waals surface area (Å²) >= 11 is 0. The lowest BCUT2D eigenvalue weighted by Gasteiger charge is -2.35. The number of carbonyl (C=O) groups is 7. The van der Waals surface area contributed by atoms with Gasteiger partial charge in [-0.3, -0.25) is 49.2 Å². The maximum atomic E-state index is 13.6. The minimum atomic E-state index is -0.771. The van der Waals surface area contributed by atoms with E-state index in [1.165, 1.54) is 4.90 Å². The van der Waals surface area contributed by atoms with Gasteiger partial charge in [-0.15, -0.1) is 0 Å². The van der Waals surface area contributed by atoms with Crippen LogP contribution >= 0.6 is 0 Å². The van der Waals surface area contributed by atoms with Crippen molar-refractivity contribution in [2.45, 2.75) is 88.8 Å². The van der Waals surface area contributed by atoms with Crippen LogP contribution in [0, 0.1) is 0 Å². The molecule has 0 spiro atoms. The number of nitrogens with one attached hydrogen (secondary N) is 2. The molecule has 5 aromatic carbocycles. The third-order valence-corrected chi connectivity index (χ3v) is 13.2. The van der Waals surface area contributed by atoms with Gasteiger partial charge in [-0.05, 0) is 109 Å². The standard InChI is InChI=1S/C49H45N5O8/c1-49(2,26-28-11-9-27(10-12-28)25-30-13-15-36-42-32(30)5-3-7-34(42)46(59)53(36)38-17-19-40(55)50-44(38)57)62-48(61)52-23-21-29(22-24-52)31-14-16-37-43-33(31)6-4-8-35(43)47(60)54(37)39-18-20-41(56)51-45(39)58/h3-16,29,38-39H,17-26H2,1-2H3,(H,50,55,57)(H,51,56,58). The number of hydrogen-bond donors (Lipinski definition) is 2. The van der Waals surface area contributed by atoms with Crippen molar-refractivity contribution >= 4 is 74.5 Å². The molecule has 0 aromatic heterocycles. The number of rotatable bonds is 8. The lowest BCUT2D eigenvalue weighted by Crippen LogP contribution is -2.53. The molecule has 5 aliphatic heterocycles. The van der Waals surface area contributed by atoms with E-state index in [0.717, 1.165) is 56.6 Å². The van der Waals surface area contributed by atoms with Gasteiger partial charge in [0.05, 0.1) is 11.4 Å². The Morgan fingerprint density at radius 3 is 1.76 bits per heavy atom. The Balaban J connectivity index is 0.771. The van der Waals surface area contributed by atoms with E-state index in [9.17, 15) is 33.6 Å². The Morgan fingerprint density at radius 1 is 0.645 bits per heavy atom. The van der Waals surface area contributed by atoms with Crippen molar-refractivity contribution in [3.63, 3.8) is 0 Å². The highest BCUT2D eigenvalue weighted by molar-refractivity contribution is 6.28. The summed E-state index contributed by atoms with van der Waals surface area (Å²) in [6, 6.07) is 26.0. The third kappa shape index (κ3) is 6.66. The number of likely N-dealkylation sites (tertiary alicyclic amines) is 1. The maximum Gasteiger partial charge on any atom is 0.410 e. The van der Waals surface area contributed by atoms with Crippen LogP contribution in [0.2, 0.25) is 0 Å². The summed E-state index contributed by atoms with van der Waals surface area (Å²) in [6.45, 7) is 4.89. The third-order valence-electron chi connectivity index (χ3n) is 13.2. The van der Waals surface area contributed by atoms with Gasteiger partial charge in [0.25, 0.3) is 11.8 Å². The number of benzene rings is 5. The molecule has 10 rings (SSSR count). The first-order valence-corrected chi connectivity index (χ1v) is 21.4. The molecule has 0 aliphatic carbocycles. The Labute approximate surface area is 357 Å². The summed E-state index contributed by atoms with van der Waals surface area (Å²) in [5, 5.41) is 8.33. The highest BCUT2D eigenvalue weighted by Crippen LogP contribution is 2.45. The first-order valence-electron chi connectivity index (χ1n) is 21.4. The van der Waals surface area contributed by atoms with Gasteiger partial charge in [-0.1, -0.05) is 60.7 Å². The van der Waals surface area contributed by atoms with Crippen molar-refractivity contribution < 1.29 is 38.3 Å². The molecule has 13 nitrogen and oxygen atoms in total. The highest BCUT2D eigenvalue weighted by Gasteiger charge is 2.43. The minimum absolute atomic E-state index is 0.162. The number of carbonyl (C=O) groups excluding carboxylic acids is 7. The average molecular weight is 832 g/mol. The van der Waals surface area contributed by atoms with E-state index in [4.69, 9.17) is 4.74 Å². The zero-order chi connectivity index (χ0) is 43.0. The highest BCUT2D eigenvalue weighted by atomic mass is 16.6. The van der Waals surface area contributed by atoms with Crippen molar-refractivity contribution in [3.05, 3.63) is 118 Å². The molecule has 5 aromatic rings. The number of piperidine rings is 3. The molecule has 3 saturated heterocycles. The van der Waals surface area contributed by atoms with Gasteiger partial charge in [0.2, 0.25) is 23.6 Å². The molecule has 62 heavy (non-hydrogen) atoms. The second-order valence-electron chi connectivity index (χ2n) is 17.7. The normalized spacial score (nSPS) is 20.4. The zero-order valence-corrected chi connectivity index (χ0v) is 34.5. The van der Waals surface area contributed by atoms with Gasteiger partial charge in [0.15, 0.2) is 0 Å². The fraction of sp³-hybridized carbons (Fsp3) is 0.327. The van der Waals surface area contributed by atoms with Crippen LogP contribution in [0.15, 0.2) is 84.9 Å². The Kier molecular flexibility index (Phi) is 9.45. The molecule has 2 unspecified atom stereocenters. The van der Waals surface area contributed by atoms with E-state index in [-0.39, 0.29) is 61.3 Å². The van der Waals surface area contributed by atoms with Gasteiger partial charge < -0.3 is 9.64 Å². The molecular weight excluding hydrogens is 787 g/mol. The van der Waals surface area contributed by atoms with E-state index >= 15 is 0 Å². The number of ether oxygens (including phenoxy) is 1. The van der Waals surface area contributed by atoms with E-state index in [1.54, 1.807) is 21.9 Å². The van der Waals surface area contributed by atoms with Crippen LogP contribution in [-0.2, 0) is 36.8 Å². The Bertz CT molecular complexity index is 2790. The zero-order valence-electron chi connectivity index (χ0n) is 34.5. The first kappa shape index (κ1) is 39.3. The summed E-state index contributed by atoms with van der Waals surface area (Å²) < 4.78 is 6.12. The summed E-state index contributed by atoms with van der Waals surface area (Å²) in [5.41, 5.74) is 5.98. The molecule has 5 heterocycles. The molecule has 314 valence electrons. The molecule has 0 radical (unpaired) electrons. The van der Waals surface area contributed by atoms with Crippen molar-refractivity contribution in [1.82, 2.24) is 15.5 Å². The van der Waals surface area contributed by atoms with Crippen LogP contribution in [-0.4, -0.2) is 77.2 Å². The van der Waals surface area contributed by atoms with Crippen LogP contribution in [0.4, 0.5) is 16.2 Å². The number of nitrogens with zero attached hydrogens (tertiary/aromatic N) is 3. The average Bonchev–Trinajstić information content (AvgIpc) is 3.70. The Hall–Kier alpha value is -6.89. The smallest absolute Gasteiger partial charge is 0.410 e. The topological polar surface area (TPSA) is 162 Å². The second-order valence-corrected chi connectivity index (χ2v) is 17.7. The van der Waals surface area contributed by atoms with E-state index in [1.807, 2.05) is 62.4 Å². The van der Waals surface area contributed by atoms with Gasteiger partial charge in [-0.2, -0.15) is 0 Å². The minimum Gasteiger partial charge on any atom is -0.443 e.